The Morgan fingerprint density at radius 3 is 2.80 bits per heavy atom. The summed E-state index contributed by atoms with van der Waals surface area (Å²) in [7, 11) is 0. The lowest BCUT2D eigenvalue weighted by atomic mass is 9.76. The first-order valence-corrected chi connectivity index (χ1v) is 8.34. The van der Waals surface area contributed by atoms with Gasteiger partial charge in [-0.2, -0.15) is 0 Å². The molecular formula is C15H24N2O2S. The van der Waals surface area contributed by atoms with Crippen LogP contribution in [0.25, 0.3) is 0 Å². The first-order valence-electron chi connectivity index (χ1n) is 7.46. The lowest BCUT2D eigenvalue weighted by Gasteiger charge is -2.39. The Labute approximate surface area is 124 Å². The summed E-state index contributed by atoms with van der Waals surface area (Å²) in [5, 5.41) is 12.9. The van der Waals surface area contributed by atoms with Crippen molar-refractivity contribution in [3.05, 3.63) is 16.1 Å². The van der Waals surface area contributed by atoms with Crippen molar-refractivity contribution in [2.75, 3.05) is 6.61 Å². The Morgan fingerprint density at radius 1 is 1.50 bits per heavy atom. The Morgan fingerprint density at radius 2 is 2.20 bits per heavy atom. The summed E-state index contributed by atoms with van der Waals surface area (Å²) in [4.78, 5) is 17.4. The molecule has 1 aliphatic carbocycles. The van der Waals surface area contributed by atoms with Crippen LogP contribution in [0.4, 0.5) is 0 Å². The van der Waals surface area contributed by atoms with Crippen molar-refractivity contribution in [3.63, 3.8) is 0 Å². The molecule has 1 heterocycles. The van der Waals surface area contributed by atoms with E-state index in [9.17, 15) is 9.90 Å². The van der Waals surface area contributed by atoms with Crippen LogP contribution < -0.4 is 5.32 Å². The first kappa shape index (κ1) is 15.4. The SMILES string of the molecule is CCc1ncsc1C(=O)N[C@@](C)(CO)C1CCCCC1. The number of nitrogens with one attached hydrogen (secondary N) is 1. The smallest absolute Gasteiger partial charge is 0.263 e. The lowest BCUT2D eigenvalue weighted by Crippen LogP contribution is -2.54. The predicted molar refractivity (Wildman–Crippen MR) is 81.0 cm³/mol. The van der Waals surface area contributed by atoms with E-state index in [1.54, 1.807) is 5.51 Å². The molecule has 4 nitrogen and oxygen atoms in total. The average Bonchev–Trinajstić information content (AvgIpc) is 2.96. The molecule has 1 saturated carbocycles. The number of aliphatic hydroxyl groups excluding tert-OH is 1. The predicted octanol–water partition coefficient (Wildman–Crippen LogP) is 2.77. The maximum absolute atomic E-state index is 12.5. The van der Waals surface area contributed by atoms with E-state index in [0.717, 1.165) is 25.0 Å². The van der Waals surface area contributed by atoms with Crippen LogP contribution in [0.2, 0.25) is 0 Å². The molecule has 1 aromatic rings. The molecule has 2 rings (SSSR count). The van der Waals surface area contributed by atoms with Crippen molar-refractivity contribution in [1.29, 1.82) is 0 Å². The number of aliphatic hydroxyl groups is 1. The highest BCUT2D eigenvalue weighted by Gasteiger charge is 2.36. The third-order valence-electron chi connectivity index (χ3n) is 4.42. The summed E-state index contributed by atoms with van der Waals surface area (Å²) >= 11 is 1.38. The van der Waals surface area contributed by atoms with Gasteiger partial charge < -0.3 is 10.4 Å². The van der Waals surface area contributed by atoms with Crippen molar-refractivity contribution in [2.45, 2.75) is 57.9 Å². The van der Waals surface area contributed by atoms with Gasteiger partial charge in [0.25, 0.3) is 5.91 Å². The van der Waals surface area contributed by atoms with Crippen molar-refractivity contribution >= 4 is 17.2 Å². The minimum Gasteiger partial charge on any atom is -0.394 e. The summed E-state index contributed by atoms with van der Waals surface area (Å²) in [6.45, 7) is 3.95. The Bertz CT molecular complexity index is 454. The monoisotopic (exact) mass is 296 g/mol. The molecule has 5 heteroatoms. The van der Waals surface area contributed by atoms with E-state index in [0.29, 0.717) is 10.8 Å². The van der Waals surface area contributed by atoms with Gasteiger partial charge in [-0.25, -0.2) is 4.98 Å². The third-order valence-corrected chi connectivity index (χ3v) is 5.28. The number of hydrogen-bond acceptors (Lipinski definition) is 4. The van der Waals surface area contributed by atoms with Crippen LogP contribution in [0.3, 0.4) is 0 Å². The highest BCUT2D eigenvalue weighted by Crippen LogP contribution is 2.33. The molecule has 1 aliphatic rings. The fraction of sp³-hybridized carbons (Fsp3) is 0.733. The minimum absolute atomic E-state index is 0.0102. The van der Waals surface area contributed by atoms with Crippen molar-refractivity contribution in [3.8, 4) is 0 Å². The maximum atomic E-state index is 12.5. The van der Waals surface area contributed by atoms with Crippen LogP contribution in [0.1, 0.15) is 61.3 Å². The van der Waals surface area contributed by atoms with Crippen LogP contribution in [0.5, 0.6) is 0 Å². The Balaban J connectivity index is 2.10. The van der Waals surface area contributed by atoms with E-state index >= 15 is 0 Å². The van der Waals surface area contributed by atoms with Gasteiger partial charge in [0, 0.05) is 0 Å². The summed E-state index contributed by atoms with van der Waals surface area (Å²) in [5.74, 6) is 0.273. The molecular weight excluding hydrogens is 272 g/mol. The van der Waals surface area contributed by atoms with Gasteiger partial charge in [0.15, 0.2) is 0 Å². The molecule has 0 aliphatic heterocycles. The number of carbonyl (C=O) groups is 1. The van der Waals surface area contributed by atoms with Crippen molar-refractivity contribution in [1.82, 2.24) is 10.3 Å². The fourth-order valence-electron chi connectivity index (χ4n) is 3.03. The highest BCUT2D eigenvalue weighted by atomic mass is 32.1. The summed E-state index contributed by atoms with van der Waals surface area (Å²) in [6, 6.07) is 0. The molecule has 0 aromatic carbocycles. The number of aromatic nitrogens is 1. The molecule has 0 radical (unpaired) electrons. The second-order valence-corrected chi connectivity index (χ2v) is 6.70. The number of thiazole rings is 1. The number of nitrogens with zero attached hydrogens (tertiary/aromatic N) is 1. The third kappa shape index (κ3) is 3.20. The number of hydrogen-bond donors (Lipinski definition) is 2. The molecule has 0 unspecified atom stereocenters. The van der Waals surface area contributed by atoms with E-state index in [1.807, 2.05) is 13.8 Å². The molecule has 0 spiro atoms. The molecule has 1 aromatic heterocycles. The molecule has 0 bridgehead atoms. The summed E-state index contributed by atoms with van der Waals surface area (Å²) < 4.78 is 0. The van der Waals surface area contributed by atoms with Crippen LogP contribution in [0, 0.1) is 5.92 Å². The standard InChI is InChI=1S/C15H24N2O2S/c1-3-12-13(20-10-16-12)14(19)17-15(2,9-18)11-7-5-4-6-8-11/h10-11,18H,3-9H2,1-2H3,(H,17,19)/t15-/m0/s1. The number of aryl methyl sites for hydroxylation is 1. The van der Waals surface area contributed by atoms with E-state index in [-0.39, 0.29) is 12.5 Å². The van der Waals surface area contributed by atoms with Gasteiger partial charge in [-0.05, 0) is 32.1 Å². The zero-order valence-corrected chi connectivity index (χ0v) is 13.1. The molecule has 112 valence electrons. The van der Waals surface area contributed by atoms with Crippen molar-refractivity contribution < 1.29 is 9.90 Å². The highest BCUT2D eigenvalue weighted by molar-refractivity contribution is 7.11. The van der Waals surface area contributed by atoms with Crippen molar-refractivity contribution in [2.24, 2.45) is 5.92 Å². The van der Waals surface area contributed by atoms with E-state index < -0.39 is 5.54 Å². The Kier molecular flexibility index (Phi) is 5.16. The fourth-order valence-corrected chi connectivity index (χ4v) is 3.81. The van der Waals surface area contributed by atoms with Gasteiger partial charge in [0.2, 0.25) is 0 Å². The minimum atomic E-state index is -0.521. The average molecular weight is 296 g/mol. The summed E-state index contributed by atoms with van der Waals surface area (Å²) in [5.41, 5.74) is 2.04. The van der Waals surface area contributed by atoms with Gasteiger partial charge in [-0.3, -0.25) is 4.79 Å². The number of rotatable bonds is 5. The normalized spacial score (nSPS) is 19.6. The number of amides is 1. The summed E-state index contributed by atoms with van der Waals surface area (Å²) in [6.07, 6.45) is 6.57. The first-order chi connectivity index (χ1) is 9.60. The molecule has 20 heavy (non-hydrogen) atoms. The van der Waals surface area contributed by atoms with Gasteiger partial charge in [-0.1, -0.05) is 26.2 Å². The zero-order valence-electron chi connectivity index (χ0n) is 12.3. The quantitative estimate of drug-likeness (QED) is 0.878. The van der Waals surface area contributed by atoms with E-state index in [2.05, 4.69) is 10.3 Å². The van der Waals surface area contributed by atoms with Crippen LogP contribution in [0.15, 0.2) is 5.51 Å². The molecule has 0 saturated heterocycles. The van der Waals surface area contributed by atoms with Gasteiger partial charge in [0.1, 0.15) is 4.88 Å². The molecule has 1 amide bonds. The second kappa shape index (κ2) is 6.68. The Hall–Kier alpha value is -0.940. The van der Waals surface area contributed by atoms with Gasteiger partial charge in [0.05, 0.1) is 23.4 Å². The largest absolute Gasteiger partial charge is 0.394 e. The van der Waals surface area contributed by atoms with Crippen LogP contribution in [-0.2, 0) is 6.42 Å². The van der Waals surface area contributed by atoms with Gasteiger partial charge >= 0.3 is 0 Å². The van der Waals surface area contributed by atoms with Gasteiger partial charge in [-0.15, -0.1) is 11.3 Å². The van der Waals surface area contributed by atoms with E-state index in [1.165, 1.54) is 30.6 Å². The van der Waals surface area contributed by atoms with Crippen LogP contribution in [-0.4, -0.2) is 28.1 Å². The second-order valence-electron chi connectivity index (χ2n) is 5.85. The zero-order chi connectivity index (χ0) is 14.6. The molecule has 1 fully saturated rings. The molecule has 2 N–H and O–H groups in total. The van der Waals surface area contributed by atoms with E-state index in [4.69, 9.17) is 0 Å². The lowest BCUT2D eigenvalue weighted by molar-refractivity contribution is 0.0682. The topological polar surface area (TPSA) is 62.2 Å². The maximum Gasteiger partial charge on any atom is 0.263 e. The van der Waals surface area contributed by atoms with Crippen LogP contribution >= 0.6 is 11.3 Å². The molecule has 1 atom stereocenters. The number of carbonyl (C=O) groups excluding carboxylic acids is 1.